The van der Waals surface area contributed by atoms with E-state index in [1.807, 2.05) is 38.1 Å². The number of benzene rings is 2. The van der Waals surface area contributed by atoms with Gasteiger partial charge in [-0.25, -0.2) is 4.99 Å². The minimum atomic E-state index is -0.438. The summed E-state index contributed by atoms with van der Waals surface area (Å²) in [7, 11) is 1.67. The molecule has 0 saturated heterocycles. The number of hydrogen-bond acceptors (Lipinski definition) is 3. The normalized spacial score (nSPS) is 10.7. The molecule has 0 aliphatic carbocycles. The average molecular weight is 482 g/mol. The Morgan fingerprint density at radius 1 is 1.19 bits per heavy atom. The molecule has 2 aromatic rings. The minimum absolute atomic E-state index is 0. The number of nitrogens with zero attached hydrogens (tertiary/aromatic N) is 1. The van der Waals surface area contributed by atoms with Gasteiger partial charge in [0.25, 0.3) is 0 Å². The van der Waals surface area contributed by atoms with E-state index in [9.17, 15) is 4.79 Å². The van der Waals surface area contributed by atoms with Crippen molar-refractivity contribution < 1.29 is 9.53 Å². The van der Waals surface area contributed by atoms with Crippen molar-refractivity contribution in [2.45, 2.75) is 26.9 Å². The Bertz CT molecular complexity index is 793. The molecule has 146 valence electrons. The summed E-state index contributed by atoms with van der Waals surface area (Å²) < 4.78 is 5.44. The molecule has 0 aliphatic rings. The second-order valence-corrected chi connectivity index (χ2v) is 5.93. The summed E-state index contributed by atoms with van der Waals surface area (Å²) >= 11 is 0. The van der Waals surface area contributed by atoms with Gasteiger partial charge in [-0.2, -0.15) is 0 Å². The van der Waals surface area contributed by atoms with Crippen LogP contribution in [0.4, 0.5) is 0 Å². The Morgan fingerprint density at radius 2 is 1.96 bits per heavy atom. The highest BCUT2D eigenvalue weighted by atomic mass is 127. The van der Waals surface area contributed by atoms with Crippen molar-refractivity contribution in [3.05, 3.63) is 64.7 Å². The molecule has 0 radical (unpaired) electrons. The predicted octanol–water partition coefficient (Wildman–Crippen LogP) is 2.98. The Morgan fingerprint density at radius 3 is 2.63 bits per heavy atom. The third kappa shape index (κ3) is 7.09. The van der Waals surface area contributed by atoms with E-state index in [0.717, 1.165) is 29.0 Å². The number of nitrogens with one attached hydrogen (secondary N) is 2. The zero-order chi connectivity index (χ0) is 18.9. The lowest BCUT2D eigenvalue weighted by Crippen LogP contribution is -2.36. The molecule has 0 atom stereocenters. The number of carbonyl (C=O) groups excluding carboxylic acids is 1. The van der Waals surface area contributed by atoms with Gasteiger partial charge >= 0.3 is 0 Å². The van der Waals surface area contributed by atoms with E-state index in [2.05, 4.69) is 21.7 Å². The first kappa shape index (κ1) is 22.8. The minimum Gasteiger partial charge on any atom is -0.496 e. The van der Waals surface area contributed by atoms with E-state index < -0.39 is 5.91 Å². The van der Waals surface area contributed by atoms with Crippen LogP contribution in [-0.2, 0) is 13.1 Å². The number of methoxy groups -OCH3 is 1. The Hall–Kier alpha value is -2.29. The summed E-state index contributed by atoms with van der Waals surface area (Å²) in [6.45, 7) is 5.83. The number of halogens is 1. The molecule has 27 heavy (non-hydrogen) atoms. The molecule has 7 heteroatoms. The van der Waals surface area contributed by atoms with Crippen LogP contribution in [0.3, 0.4) is 0 Å². The molecule has 0 aliphatic heterocycles. The lowest BCUT2D eigenvalue weighted by Gasteiger charge is -2.14. The number of carbonyl (C=O) groups is 1. The largest absolute Gasteiger partial charge is 0.496 e. The van der Waals surface area contributed by atoms with Gasteiger partial charge in [0.2, 0.25) is 5.91 Å². The molecule has 6 nitrogen and oxygen atoms in total. The summed E-state index contributed by atoms with van der Waals surface area (Å²) in [6.07, 6.45) is 0. The van der Waals surface area contributed by atoms with Gasteiger partial charge < -0.3 is 21.1 Å². The van der Waals surface area contributed by atoms with Crippen LogP contribution < -0.4 is 21.1 Å². The number of aryl methyl sites for hydroxylation is 1. The highest BCUT2D eigenvalue weighted by Gasteiger charge is 2.05. The molecule has 0 heterocycles. The van der Waals surface area contributed by atoms with Gasteiger partial charge in [-0.15, -0.1) is 24.0 Å². The van der Waals surface area contributed by atoms with Gasteiger partial charge in [0.15, 0.2) is 5.96 Å². The SMILES string of the molecule is CCNC(=NCc1cccc(C(N)=O)c1)NCc1ccc(C)cc1OC.I. The number of hydrogen-bond donors (Lipinski definition) is 3. The second-order valence-electron chi connectivity index (χ2n) is 5.93. The summed E-state index contributed by atoms with van der Waals surface area (Å²) in [5.41, 5.74) is 8.94. The zero-order valence-electron chi connectivity index (χ0n) is 15.9. The number of guanidine groups is 1. The van der Waals surface area contributed by atoms with Crippen LogP contribution in [0, 0.1) is 6.92 Å². The topological polar surface area (TPSA) is 88.7 Å². The molecule has 2 rings (SSSR count). The van der Waals surface area contributed by atoms with Gasteiger partial charge in [-0.1, -0.05) is 24.3 Å². The van der Waals surface area contributed by atoms with Gasteiger partial charge in [-0.05, 0) is 43.2 Å². The van der Waals surface area contributed by atoms with Crippen LogP contribution in [0.1, 0.15) is 34.0 Å². The van der Waals surface area contributed by atoms with Crippen LogP contribution in [-0.4, -0.2) is 25.5 Å². The predicted molar refractivity (Wildman–Crippen MR) is 120 cm³/mol. The fourth-order valence-corrected chi connectivity index (χ4v) is 2.51. The monoisotopic (exact) mass is 482 g/mol. The summed E-state index contributed by atoms with van der Waals surface area (Å²) in [5.74, 6) is 1.11. The van der Waals surface area contributed by atoms with Crippen LogP contribution >= 0.6 is 24.0 Å². The van der Waals surface area contributed by atoms with Crippen molar-refractivity contribution in [2.75, 3.05) is 13.7 Å². The summed E-state index contributed by atoms with van der Waals surface area (Å²) in [5, 5.41) is 6.52. The number of amides is 1. The molecule has 2 aromatic carbocycles. The first-order valence-corrected chi connectivity index (χ1v) is 8.58. The number of rotatable bonds is 7. The molecule has 0 saturated carbocycles. The van der Waals surface area contributed by atoms with Gasteiger partial charge in [0.1, 0.15) is 5.75 Å². The van der Waals surface area contributed by atoms with E-state index in [-0.39, 0.29) is 24.0 Å². The molecule has 0 unspecified atom stereocenters. The molecule has 0 aromatic heterocycles. The van der Waals surface area contributed by atoms with Crippen molar-refractivity contribution in [1.82, 2.24) is 10.6 Å². The molecule has 4 N–H and O–H groups in total. The van der Waals surface area contributed by atoms with Gasteiger partial charge in [-0.3, -0.25) is 4.79 Å². The van der Waals surface area contributed by atoms with Gasteiger partial charge in [0.05, 0.1) is 13.7 Å². The number of primary amides is 1. The molecule has 0 fully saturated rings. The lowest BCUT2D eigenvalue weighted by atomic mass is 10.1. The maximum absolute atomic E-state index is 11.3. The van der Waals surface area contributed by atoms with E-state index in [1.165, 1.54) is 0 Å². The van der Waals surface area contributed by atoms with Crippen LogP contribution in [0.2, 0.25) is 0 Å². The molecule has 0 spiro atoms. The molecule has 1 amide bonds. The van der Waals surface area contributed by atoms with Crippen molar-refractivity contribution in [2.24, 2.45) is 10.7 Å². The summed E-state index contributed by atoms with van der Waals surface area (Å²) in [6, 6.07) is 13.3. The van der Waals surface area contributed by atoms with Crippen molar-refractivity contribution in [3.8, 4) is 5.75 Å². The van der Waals surface area contributed by atoms with E-state index in [0.29, 0.717) is 24.6 Å². The molecular formula is C20H27IN4O2. The lowest BCUT2D eigenvalue weighted by molar-refractivity contribution is 0.1000. The average Bonchev–Trinajstić information content (AvgIpc) is 2.64. The number of nitrogens with two attached hydrogens (primary N) is 1. The molecule has 0 bridgehead atoms. The van der Waals surface area contributed by atoms with Crippen molar-refractivity contribution in [1.29, 1.82) is 0 Å². The Balaban J connectivity index is 0.00000364. The quantitative estimate of drug-likeness (QED) is 0.322. The third-order valence-electron chi connectivity index (χ3n) is 3.86. The van der Waals surface area contributed by atoms with Crippen molar-refractivity contribution in [3.63, 3.8) is 0 Å². The highest BCUT2D eigenvalue weighted by molar-refractivity contribution is 14.0. The third-order valence-corrected chi connectivity index (χ3v) is 3.86. The molecular weight excluding hydrogens is 455 g/mol. The fourth-order valence-electron chi connectivity index (χ4n) is 2.51. The maximum Gasteiger partial charge on any atom is 0.248 e. The Labute approximate surface area is 177 Å². The van der Waals surface area contributed by atoms with Crippen LogP contribution in [0.15, 0.2) is 47.5 Å². The van der Waals surface area contributed by atoms with Gasteiger partial charge in [0, 0.05) is 24.2 Å². The van der Waals surface area contributed by atoms with Crippen molar-refractivity contribution >= 4 is 35.8 Å². The van der Waals surface area contributed by atoms with E-state index in [1.54, 1.807) is 19.2 Å². The fraction of sp³-hybridized carbons (Fsp3) is 0.300. The first-order chi connectivity index (χ1) is 12.5. The van der Waals surface area contributed by atoms with E-state index in [4.69, 9.17) is 10.5 Å². The first-order valence-electron chi connectivity index (χ1n) is 8.58. The number of aliphatic imine (C=N–C) groups is 1. The van der Waals surface area contributed by atoms with Crippen LogP contribution in [0.25, 0.3) is 0 Å². The smallest absolute Gasteiger partial charge is 0.248 e. The highest BCUT2D eigenvalue weighted by Crippen LogP contribution is 2.19. The standard InChI is InChI=1S/C20H26N4O2.HI/c1-4-22-20(23-12-15-6-5-7-16(11-15)19(21)25)24-13-17-9-8-14(2)10-18(17)26-3;/h5-11H,4,12-13H2,1-3H3,(H2,21,25)(H2,22,23,24);1H. The number of ether oxygens (including phenoxy) is 1. The zero-order valence-corrected chi connectivity index (χ0v) is 18.2. The maximum atomic E-state index is 11.3. The Kier molecular flexibility index (Phi) is 9.63. The van der Waals surface area contributed by atoms with E-state index >= 15 is 0 Å². The summed E-state index contributed by atoms with van der Waals surface area (Å²) in [4.78, 5) is 15.9. The van der Waals surface area contributed by atoms with Crippen LogP contribution in [0.5, 0.6) is 5.75 Å². The second kappa shape index (κ2) is 11.4.